The number of nitrogens with one attached hydrogen (secondary N) is 1. The van der Waals surface area contributed by atoms with Crippen molar-refractivity contribution in [3.63, 3.8) is 0 Å². The fourth-order valence-corrected chi connectivity index (χ4v) is 2.67. The van der Waals surface area contributed by atoms with E-state index < -0.39 is 5.97 Å². The van der Waals surface area contributed by atoms with Crippen LogP contribution in [0.2, 0.25) is 0 Å². The number of benzene rings is 3. The summed E-state index contributed by atoms with van der Waals surface area (Å²) in [6, 6.07) is 18.7. The summed E-state index contributed by atoms with van der Waals surface area (Å²) in [4.78, 5) is 24.5. The highest BCUT2D eigenvalue weighted by Crippen LogP contribution is 2.28. The first kappa shape index (κ1) is 21.6. The molecule has 0 saturated heterocycles. The predicted octanol–water partition coefficient (Wildman–Crippen LogP) is 4.00. The summed E-state index contributed by atoms with van der Waals surface area (Å²) < 4.78 is 15.8. The molecule has 0 saturated carbocycles. The molecule has 3 aromatic carbocycles. The van der Waals surface area contributed by atoms with E-state index in [1.165, 1.54) is 13.3 Å². The zero-order chi connectivity index (χ0) is 22.2. The Hall–Kier alpha value is -4.13. The molecule has 158 valence electrons. The molecule has 0 fully saturated rings. The maximum atomic E-state index is 12.4. The van der Waals surface area contributed by atoms with Crippen molar-refractivity contribution in [2.75, 3.05) is 14.2 Å². The van der Waals surface area contributed by atoms with Gasteiger partial charge in [-0.15, -0.1) is 0 Å². The summed E-state index contributed by atoms with van der Waals surface area (Å²) in [5.41, 5.74) is 5.10. The van der Waals surface area contributed by atoms with Crippen LogP contribution in [0.25, 0.3) is 0 Å². The Morgan fingerprint density at radius 3 is 2.16 bits per heavy atom. The lowest BCUT2D eigenvalue weighted by Gasteiger charge is -2.10. The first-order valence-electron chi connectivity index (χ1n) is 9.44. The number of aryl methyl sites for hydroxylation is 1. The molecule has 1 N–H and O–H groups in total. The molecule has 0 aliphatic rings. The highest BCUT2D eigenvalue weighted by atomic mass is 16.6. The third-order valence-electron chi connectivity index (χ3n) is 4.41. The van der Waals surface area contributed by atoms with Crippen molar-refractivity contribution in [1.29, 1.82) is 0 Å². The van der Waals surface area contributed by atoms with Gasteiger partial charge in [0.1, 0.15) is 5.75 Å². The minimum atomic E-state index is -0.521. The number of hydrazone groups is 1. The summed E-state index contributed by atoms with van der Waals surface area (Å²) in [6.07, 6.45) is 1.48. The summed E-state index contributed by atoms with van der Waals surface area (Å²) in [6.45, 7) is 1.95. The molecule has 0 atom stereocenters. The van der Waals surface area contributed by atoms with Crippen molar-refractivity contribution in [3.05, 3.63) is 89.0 Å². The van der Waals surface area contributed by atoms with Crippen LogP contribution in [0.1, 0.15) is 31.8 Å². The number of esters is 1. The van der Waals surface area contributed by atoms with Gasteiger partial charge in [-0.2, -0.15) is 5.10 Å². The van der Waals surface area contributed by atoms with Crippen LogP contribution >= 0.6 is 0 Å². The summed E-state index contributed by atoms with van der Waals surface area (Å²) >= 11 is 0. The molecule has 3 rings (SSSR count). The quantitative estimate of drug-likeness (QED) is 0.271. The molecule has 0 heterocycles. The number of methoxy groups -OCH3 is 2. The number of nitrogens with zero attached hydrogens (tertiary/aromatic N) is 1. The van der Waals surface area contributed by atoms with Crippen LogP contribution < -0.4 is 19.6 Å². The Labute approximate surface area is 180 Å². The van der Waals surface area contributed by atoms with Gasteiger partial charge in [0, 0.05) is 5.56 Å². The van der Waals surface area contributed by atoms with Gasteiger partial charge in [-0.25, -0.2) is 10.2 Å². The van der Waals surface area contributed by atoms with Gasteiger partial charge in [0.05, 0.1) is 26.0 Å². The van der Waals surface area contributed by atoms with Crippen LogP contribution in [0.15, 0.2) is 71.8 Å². The number of amides is 1. The average Bonchev–Trinajstić information content (AvgIpc) is 2.80. The highest BCUT2D eigenvalue weighted by Gasteiger charge is 2.13. The molecule has 1 amide bonds. The summed E-state index contributed by atoms with van der Waals surface area (Å²) in [7, 11) is 3.02. The van der Waals surface area contributed by atoms with Gasteiger partial charge in [-0.3, -0.25) is 4.79 Å². The Balaban J connectivity index is 1.66. The minimum Gasteiger partial charge on any atom is -0.497 e. The lowest BCUT2D eigenvalue weighted by Crippen LogP contribution is -2.17. The van der Waals surface area contributed by atoms with Crippen LogP contribution in [-0.4, -0.2) is 32.3 Å². The summed E-state index contributed by atoms with van der Waals surface area (Å²) in [5.74, 6) is 0.438. The van der Waals surface area contributed by atoms with E-state index in [2.05, 4.69) is 10.5 Å². The minimum absolute atomic E-state index is 0.268. The van der Waals surface area contributed by atoms with E-state index >= 15 is 0 Å². The van der Waals surface area contributed by atoms with Crippen LogP contribution in [-0.2, 0) is 0 Å². The highest BCUT2D eigenvalue weighted by molar-refractivity contribution is 5.95. The first-order valence-corrected chi connectivity index (χ1v) is 9.44. The monoisotopic (exact) mass is 418 g/mol. The lowest BCUT2D eigenvalue weighted by atomic mass is 10.1. The van der Waals surface area contributed by atoms with Crippen molar-refractivity contribution >= 4 is 18.1 Å². The molecule has 0 bridgehead atoms. The smallest absolute Gasteiger partial charge is 0.343 e. The van der Waals surface area contributed by atoms with E-state index in [1.807, 2.05) is 19.1 Å². The number of hydrogen-bond acceptors (Lipinski definition) is 6. The second kappa shape index (κ2) is 10.1. The van der Waals surface area contributed by atoms with Gasteiger partial charge < -0.3 is 14.2 Å². The second-order valence-electron chi connectivity index (χ2n) is 6.59. The first-order chi connectivity index (χ1) is 15.0. The lowest BCUT2D eigenvalue weighted by molar-refractivity contribution is 0.0729. The van der Waals surface area contributed by atoms with Crippen LogP contribution in [0, 0.1) is 6.92 Å². The molecule has 0 spiro atoms. The summed E-state index contributed by atoms with van der Waals surface area (Å²) in [5, 5.41) is 3.97. The van der Waals surface area contributed by atoms with Gasteiger partial charge >= 0.3 is 5.97 Å². The van der Waals surface area contributed by atoms with Crippen LogP contribution in [0.5, 0.6) is 17.2 Å². The van der Waals surface area contributed by atoms with E-state index in [4.69, 9.17) is 14.2 Å². The van der Waals surface area contributed by atoms with E-state index in [0.717, 1.165) is 5.56 Å². The van der Waals surface area contributed by atoms with Gasteiger partial charge in [0.15, 0.2) is 11.5 Å². The van der Waals surface area contributed by atoms with Gasteiger partial charge in [-0.1, -0.05) is 17.7 Å². The fourth-order valence-electron chi connectivity index (χ4n) is 2.67. The van der Waals surface area contributed by atoms with Crippen molar-refractivity contribution in [2.24, 2.45) is 5.10 Å². The molecule has 0 unspecified atom stereocenters. The van der Waals surface area contributed by atoms with E-state index in [1.54, 1.807) is 61.7 Å². The number of carbonyl (C=O) groups excluding carboxylic acids is 2. The van der Waals surface area contributed by atoms with Crippen LogP contribution in [0.4, 0.5) is 0 Å². The molecule has 0 aliphatic heterocycles. The molecule has 3 aromatic rings. The number of hydrogen-bond donors (Lipinski definition) is 1. The molecule has 7 heteroatoms. The SMILES string of the molecule is COc1ccc(C(=O)Oc2ccc(C=NNC(=O)c3ccc(C)cc3)cc2OC)cc1. The Bertz CT molecular complexity index is 1090. The zero-order valence-corrected chi connectivity index (χ0v) is 17.4. The third-order valence-corrected chi connectivity index (χ3v) is 4.41. The average molecular weight is 418 g/mol. The maximum Gasteiger partial charge on any atom is 0.343 e. The maximum absolute atomic E-state index is 12.4. The van der Waals surface area contributed by atoms with E-state index in [9.17, 15) is 9.59 Å². The number of ether oxygens (including phenoxy) is 3. The molecule has 0 aromatic heterocycles. The molecule has 7 nitrogen and oxygen atoms in total. The predicted molar refractivity (Wildman–Crippen MR) is 117 cm³/mol. The second-order valence-corrected chi connectivity index (χ2v) is 6.59. The fraction of sp³-hybridized carbons (Fsp3) is 0.125. The van der Waals surface area contributed by atoms with Crippen molar-refractivity contribution in [2.45, 2.75) is 6.92 Å². The Morgan fingerprint density at radius 1 is 0.839 bits per heavy atom. The normalized spacial score (nSPS) is 10.5. The standard InChI is InChI=1S/C24H22N2O5/c1-16-4-7-18(8-5-16)23(27)26-25-15-17-6-13-21(22(14-17)30-3)31-24(28)19-9-11-20(29-2)12-10-19/h4-15H,1-3H3,(H,26,27). The van der Waals surface area contributed by atoms with Gasteiger partial charge in [0.25, 0.3) is 5.91 Å². The topological polar surface area (TPSA) is 86.2 Å². The Kier molecular flexibility index (Phi) is 7.01. The molecular weight excluding hydrogens is 396 g/mol. The van der Waals surface area contributed by atoms with Crippen LogP contribution in [0.3, 0.4) is 0 Å². The third kappa shape index (κ3) is 5.70. The Morgan fingerprint density at radius 2 is 1.52 bits per heavy atom. The van der Waals surface area contributed by atoms with E-state index in [-0.39, 0.29) is 11.7 Å². The van der Waals surface area contributed by atoms with Crippen molar-refractivity contribution in [1.82, 2.24) is 5.43 Å². The molecular formula is C24H22N2O5. The molecule has 0 radical (unpaired) electrons. The van der Waals surface area contributed by atoms with E-state index in [0.29, 0.717) is 28.2 Å². The van der Waals surface area contributed by atoms with Crippen molar-refractivity contribution in [3.8, 4) is 17.2 Å². The number of carbonyl (C=O) groups is 2. The molecule has 31 heavy (non-hydrogen) atoms. The number of rotatable bonds is 7. The van der Waals surface area contributed by atoms with Gasteiger partial charge in [-0.05, 0) is 67.1 Å². The molecule has 0 aliphatic carbocycles. The van der Waals surface area contributed by atoms with Gasteiger partial charge in [0.2, 0.25) is 0 Å². The van der Waals surface area contributed by atoms with Crippen molar-refractivity contribution < 1.29 is 23.8 Å². The largest absolute Gasteiger partial charge is 0.497 e. The zero-order valence-electron chi connectivity index (χ0n) is 17.4.